The molecule has 1 saturated heterocycles. The molecule has 24 heteroatoms. The predicted molar refractivity (Wildman–Crippen MR) is 286 cm³/mol. The molecule has 0 unspecified atom stereocenters. The van der Waals surface area contributed by atoms with Crippen LogP contribution in [0.4, 0.5) is 5.69 Å². The molecule has 0 saturated carbocycles. The number of aliphatic imine (C=N–C) groups is 1. The molecule has 8 amide bonds. The Kier molecular flexibility index (Phi) is 23.6. The number of nitrogen functional groups attached to an aromatic ring is 1. The van der Waals surface area contributed by atoms with Crippen molar-refractivity contribution in [2.24, 2.45) is 39.8 Å². The lowest BCUT2D eigenvalue weighted by Crippen LogP contribution is -2.62. The van der Waals surface area contributed by atoms with Gasteiger partial charge in [-0.1, -0.05) is 88.7 Å². The molecule has 0 aromatic heterocycles. The van der Waals surface area contributed by atoms with Crippen LogP contribution in [0.15, 0.2) is 83.9 Å². The van der Waals surface area contributed by atoms with Gasteiger partial charge in [-0.3, -0.25) is 48.1 Å². The highest BCUT2D eigenvalue weighted by Crippen LogP contribution is 2.22. The van der Waals surface area contributed by atoms with Gasteiger partial charge in [0.25, 0.3) is 0 Å². The van der Waals surface area contributed by atoms with Gasteiger partial charge in [-0.05, 0) is 78.5 Å². The molecule has 4 rings (SSSR count). The predicted octanol–water partition coefficient (Wildman–Crippen LogP) is -1.05. The molecule has 0 bridgehead atoms. The standard InChI is InChI=1S/C53H75N13O11/c1-5-30(4)44(51(76)63-40(27-32-15-19-34(54)20-16-32)52(77)66-24-10-14-41(66)49(74)61-38(45(56)70)25-31-11-7-6-8-12-31)65-48(73)39(26-33-17-21-35(67)22-18-33)62-50(75)43(29(2)3)64-47(72)37(13-9-23-59-53(57)58)60-46(71)36(55)28-42(68)69/h6-8,11-12,15-22,29-30,36-41,43-44,67H,5,9-10,13-14,23-28,54-55H2,1-4H3,(H2,56,70)(H,60,71)(H,61,74)(H,62,75)(H,63,76)(H,64,72)(H,65,73)(H,68,69)(H4,57,58,59)/t30-,36-,37-,38-,39-,40-,41-,43-,44-/m0/s1. The summed E-state index contributed by atoms with van der Waals surface area (Å²) in [6, 6.07) is 11.2. The van der Waals surface area contributed by atoms with E-state index < -0.39 is 120 Å². The quantitative estimate of drug-likeness (QED) is 0.0171. The first-order valence-electron chi connectivity index (χ1n) is 25.6. The number of likely N-dealkylation sites (tertiary alicyclic amines) is 1. The summed E-state index contributed by atoms with van der Waals surface area (Å²) in [6.45, 7) is 6.98. The van der Waals surface area contributed by atoms with Gasteiger partial charge < -0.3 is 75.7 Å². The number of nitrogens with zero attached hydrogens (tertiary/aromatic N) is 2. The SMILES string of the molecule is CC[C@H](C)[C@H](NC(=O)[C@H](Cc1ccc(O)cc1)NC(=O)[C@@H](NC(=O)[C@H](CCCN=C(N)N)NC(=O)[C@@H](N)CC(=O)O)C(C)C)C(=O)N[C@@H](Cc1ccc(N)cc1)C(=O)N1CCC[C@H]1C(=O)N[C@@H](Cc1ccccc1)C(N)=O. The van der Waals surface area contributed by atoms with Gasteiger partial charge in [0.2, 0.25) is 47.3 Å². The van der Waals surface area contributed by atoms with Crippen molar-refractivity contribution in [1.29, 1.82) is 0 Å². The number of hydrogen-bond donors (Lipinski definition) is 13. The topological polar surface area (TPSA) is 412 Å². The molecule has 9 atom stereocenters. The summed E-state index contributed by atoms with van der Waals surface area (Å²) in [4.78, 5) is 128. The monoisotopic (exact) mass is 1070 g/mol. The lowest BCUT2D eigenvalue weighted by Gasteiger charge is -2.32. The first-order valence-corrected chi connectivity index (χ1v) is 25.6. The Balaban J connectivity index is 1.62. The second kappa shape index (κ2) is 29.7. The molecule has 18 N–H and O–H groups in total. The van der Waals surface area contributed by atoms with Crippen molar-refractivity contribution in [3.63, 3.8) is 0 Å². The van der Waals surface area contributed by atoms with Crippen molar-refractivity contribution in [3.8, 4) is 5.75 Å². The van der Waals surface area contributed by atoms with Crippen molar-refractivity contribution in [2.75, 3.05) is 18.8 Å². The zero-order valence-electron chi connectivity index (χ0n) is 43.9. The van der Waals surface area contributed by atoms with Gasteiger partial charge in [0.05, 0.1) is 12.5 Å². The fraction of sp³-hybridized carbons (Fsp3) is 0.472. The maximum Gasteiger partial charge on any atom is 0.305 e. The summed E-state index contributed by atoms with van der Waals surface area (Å²) in [5.41, 5.74) is 30.7. The number of carboxylic acids is 1. The second-order valence-electron chi connectivity index (χ2n) is 19.6. The maximum atomic E-state index is 14.7. The van der Waals surface area contributed by atoms with E-state index in [2.05, 4.69) is 36.9 Å². The number of phenols is 1. The van der Waals surface area contributed by atoms with E-state index in [4.69, 9.17) is 28.7 Å². The Morgan fingerprint density at radius 1 is 0.662 bits per heavy atom. The number of hydrogen-bond acceptors (Lipinski definition) is 13. The molecule has 418 valence electrons. The minimum absolute atomic E-state index is 0.0490. The third kappa shape index (κ3) is 19.4. The van der Waals surface area contributed by atoms with E-state index in [1.165, 1.54) is 29.2 Å². The summed E-state index contributed by atoms with van der Waals surface area (Å²) in [5, 5.41) is 35.4. The normalized spacial score (nSPS) is 16.2. The van der Waals surface area contributed by atoms with E-state index in [1.54, 1.807) is 76.2 Å². The number of anilines is 1. The number of carbonyl (C=O) groups excluding carboxylic acids is 8. The van der Waals surface area contributed by atoms with E-state index in [9.17, 15) is 53.4 Å². The highest BCUT2D eigenvalue weighted by molar-refractivity contribution is 5.98. The van der Waals surface area contributed by atoms with Gasteiger partial charge in [0.1, 0.15) is 48.0 Å². The molecule has 1 aliphatic heterocycles. The number of aromatic hydroxyl groups is 1. The van der Waals surface area contributed by atoms with Crippen molar-refractivity contribution in [3.05, 3.63) is 95.6 Å². The fourth-order valence-electron chi connectivity index (χ4n) is 8.61. The highest BCUT2D eigenvalue weighted by Gasteiger charge is 2.41. The Hall–Kier alpha value is -8.28. The first kappa shape index (κ1) is 61.3. The molecule has 3 aromatic carbocycles. The molecule has 0 spiro atoms. The molecular weight excluding hydrogens is 995 g/mol. The van der Waals surface area contributed by atoms with Crippen LogP contribution in [0.1, 0.15) is 82.9 Å². The van der Waals surface area contributed by atoms with Crippen LogP contribution in [0.5, 0.6) is 5.75 Å². The Labute approximate surface area is 447 Å². The second-order valence-corrected chi connectivity index (χ2v) is 19.6. The number of primary amides is 1. The highest BCUT2D eigenvalue weighted by atomic mass is 16.4. The Bertz CT molecular complexity index is 2540. The largest absolute Gasteiger partial charge is 0.508 e. The van der Waals surface area contributed by atoms with E-state index in [-0.39, 0.29) is 63.3 Å². The van der Waals surface area contributed by atoms with E-state index in [1.807, 2.05) is 6.07 Å². The van der Waals surface area contributed by atoms with Crippen LogP contribution in [0.25, 0.3) is 0 Å². The van der Waals surface area contributed by atoms with E-state index >= 15 is 0 Å². The zero-order chi connectivity index (χ0) is 56.9. The van der Waals surface area contributed by atoms with Crippen molar-refractivity contribution >= 4 is 64.9 Å². The van der Waals surface area contributed by atoms with Gasteiger partial charge in [0.15, 0.2) is 5.96 Å². The number of amides is 8. The van der Waals surface area contributed by atoms with Gasteiger partial charge in [0, 0.05) is 38.0 Å². The molecule has 0 radical (unpaired) electrons. The summed E-state index contributed by atoms with van der Waals surface area (Å²) >= 11 is 0. The number of nitrogens with one attached hydrogen (secondary N) is 6. The number of phenolic OH excluding ortho intramolecular Hbond substituents is 1. The Morgan fingerprint density at radius 2 is 1.19 bits per heavy atom. The summed E-state index contributed by atoms with van der Waals surface area (Å²) < 4.78 is 0. The van der Waals surface area contributed by atoms with Crippen LogP contribution in [0, 0.1) is 11.8 Å². The van der Waals surface area contributed by atoms with Crippen molar-refractivity contribution < 1.29 is 53.4 Å². The van der Waals surface area contributed by atoms with Crippen molar-refractivity contribution in [1.82, 2.24) is 36.8 Å². The third-order valence-electron chi connectivity index (χ3n) is 13.2. The fourth-order valence-corrected chi connectivity index (χ4v) is 8.61. The number of benzene rings is 3. The van der Waals surface area contributed by atoms with Crippen molar-refractivity contribution in [2.45, 2.75) is 134 Å². The average Bonchev–Trinajstić information content (AvgIpc) is 3.88. The number of nitrogens with two attached hydrogens (primary N) is 5. The number of aliphatic carboxylic acids is 1. The van der Waals surface area contributed by atoms with Crippen LogP contribution in [-0.4, -0.2) is 136 Å². The number of guanidine groups is 1. The lowest BCUT2D eigenvalue weighted by molar-refractivity contribution is -0.142. The average molecular weight is 1070 g/mol. The number of carbonyl (C=O) groups is 9. The first-order chi connectivity index (χ1) is 36.5. The van der Waals surface area contributed by atoms with Crippen LogP contribution >= 0.6 is 0 Å². The van der Waals surface area contributed by atoms with E-state index in [0.29, 0.717) is 29.7 Å². The van der Waals surface area contributed by atoms with Gasteiger partial charge in [-0.2, -0.15) is 0 Å². The zero-order valence-corrected chi connectivity index (χ0v) is 43.9. The molecule has 77 heavy (non-hydrogen) atoms. The third-order valence-corrected chi connectivity index (χ3v) is 13.2. The van der Waals surface area contributed by atoms with Crippen LogP contribution in [0.3, 0.4) is 0 Å². The molecular formula is C53H75N13O11. The molecule has 3 aromatic rings. The van der Waals surface area contributed by atoms with Crippen LogP contribution < -0.4 is 60.6 Å². The van der Waals surface area contributed by atoms with Gasteiger partial charge in [-0.25, -0.2) is 0 Å². The molecule has 1 heterocycles. The number of rotatable bonds is 29. The van der Waals surface area contributed by atoms with Gasteiger partial charge >= 0.3 is 5.97 Å². The van der Waals surface area contributed by atoms with Gasteiger partial charge in [-0.15, -0.1) is 0 Å². The smallest absolute Gasteiger partial charge is 0.305 e. The summed E-state index contributed by atoms with van der Waals surface area (Å²) in [5.74, 6) is -8.96. The Morgan fingerprint density at radius 3 is 1.78 bits per heavy atom. The molecule has 1 fully saturated rings. The summed E-state index contributed by atoms with van der Waals surface area (Å²) in [7, 11) is 0. The minimum atomic E-state index is -1.51. The van der Waals surface area contributed by atoms with Crippen LogP contribution in [0.2, 0.25) is 0 Å². The lowest BCUT2D eigenvalue weighted by atomic mass is 9.95. The van der Waals surface area contributed by atoms with Crippen LogP contribution in [-0.2, 0) is 62.4 Å². The molecule has 0 aliphatic carbocycles. The minimum Gasteiger partial charge on any atom is -0.508 e. The maximum absolute atomic E-state index is 14.7. The summed E-state index contributed by atoms with van der Waals surface area (Å²) in [6.07, 6.45) is 0.342. The van der Waals surface area contributed by atoms with E-state index in [0.717, 1.165) is 5.56 Å². The molecule has 24 nitrogen and oxygen atoms in total. The molecule has 1 aliphatic rings. The number of carboxylic acid groups (broad SMARTS) is 1.